The Morgan fingerprint density at radius 2 is 1.59 bits per heavy atom. The predicted octanol–water partition coefficient (Wildman–Crippen LogP) is 4.68. The second-order valence-electron chi connectivity index (χ2n) is 6.17. The van der Waals surface area contributed by atoms with Crippen molar-refractivity contribution in [3.8, 4) is 11.4 Å². The van der Waals surface area contributed by atoms with Crippen molar-refractivity contribution < 1.29 is 31.4 Å². The summed E-state index contributed by atoms with van der Waals surface area (Å²) in [6, 6.07) is 1.76. The molecule has 0 unspecified atom stereocenters. The fourth-order valence-corrected chi connectivity index (χ4v) is 2.45. The molecule has 2 aromatic rings. The monoisotopic (exact) mass is 386 g/mol. The minimum Gasteiger partial charge on any atom is -0.348 e. The summed E-state index contributed by atoms with van der Waals surface area (Å²) >= 11 is 0. The molecule has 0 radical (unpaired) electrons. The van der Waals surface area contributed by atoms with E-state index in [1.807, 2.05) is 6.92 Å². The molecule has 0 bridgehead atoms. The zero-order chi connectivity index (χ0) is 19.6. The molecule has 0 spiro atoms. The number of nitrogens with zero attached hydrogens (tertiary/aromatic N) is 2. The lowest BCUT2D eigenvalue weighted by atomic mass is 10.1. The summed E-state index contributed by atoms with van der Waals surface area (Å²) in [5.41, 5.74) is -0.234. The maximum atomic E-state index is 14.0. The average Bonchev–Trinajstić information content (AvgIpc) is 2.61. The maximum Gasteiger partial charge on any atom is 0.409 e. The molecule has 27 heavy (non-hydrogen) atoms. The molecular formula is C18H15F5N2O2. The van der Waals surface area contributed by atoms with Gasteiger partial charge in [0.15, 0.2) is 12.1 Å². The smallest absolute Gasteiger partial charge is 0.348 e. The lowest BCUT2D eigenvalue weighted by molar-refractivity contribution is -0.202. The summed E-state index contributed by atoms with van der Waals surface area (Å²) in [7, 11) is 0. The Hall–Kier alpha value is -2.39. The molecule has 1 aromatic carbocycles. The number of allylic oxidation sites excluding steroid dienone is 1. The zero-order valence-corrected chi connectivity index (χ0v) is 14.1. The minimum atomic E-state index is -4.67. The Morgan fingerprint density at radius 3 is 2.11 bits per heavy atom. The highest BCUT2D eigenvalue weighted by Crippen LogP contribution is 2.27. The van der Waals surface area contributed by atoms with Crippen LogP contribution in [-0.4, -0.2) is 29.4 Å². The number of hydrogen-bond donors (Lipinski definition) is 0. The largest absolute Gasteiger partial charge is 0.409 e. The molecule has 0 aliphatic carbocycles. The highest BCUT2D eigenvalue weighted by atomic mass is 19.4. The van der Waals surface area contributed by atoms with E-state index in [2.05, 4.69) is 9.97 Å². The number of hydrogen-bond acceptors (Lipinski definition) is 4. The fraction of sp³-hybridized carbons (Fsp3) is 0.333. The first-order valence-corrected chi connectivity index (χ1v) is 8.03. The Kier molecular flexibility index (Phi) is 5.52. The van der Waals surface area contributed by atoms with E-state index in [0.717, 1.165) is 12.1 Å². The number of benzene rings is 1. The summed E-state index contributed by atoms with van der Waals surface area (Å²) in [5, 5.41) is 0. The molecule has 1 aliphatic rings. The zero-order valence-electron chi connectivity index (χ0n) is 14.1. The van der Waals surface area contributed by atoms with Crippen molar-refractivity contribution in [2.24, 2.45) is 5.92 Å². The highest BCUT2D eigenvalue weighted by molar-refractivity contribution is 5.61. The second kappa shape index (κ2) is 7.69. The van der Waals surface area contributed by atoms with E-state index in [-0.39, 0.29) is 23.4 Å². The van der Waals surface area contributed by atoms with Crippen molar-refractivity contribution in [2.45, 2.75) is 19.4 Å². The van der Waals surface area contributed by atoms with Gasteiger partial charge in [0.25, 0.3) is 0 Å². The van der Waals surface area contributed by atoms with Gasteiger partial charge in [0.05, 0.1) is 13.2 Å². The summed E-state index contributed by atoms with van der Waals surface area (Å²) < 4.78 is 75.6. The van der Waals surface area contributed by atoms with Gasteiger partial charge in [0.1, 0.15) is 11.6 Å². The Labute approximate surface area is 151 Å². The summed E-state index contributed by atoms with van der Waals surface area (Å²) in [6.45, 7) is 3.03. The second-order valence-corrected chi connectivity index (χ2v) is 6.17. The molecule has 1 saturated heterocycles. The average molecular weight is 386 g/mol. The molecule has 2 heterocycles. The Balaban J connectivity index is 1.81. The summed E-state index contributed by atoms with van der Waals surface area (Å²) in [6.07, 6.45) is -2.34. The van der Waals surface area contributed by atoms with Gasteiger partial charge in [-0.25, -0.2) is 18.7 Å². The van der Waals surface area contributed by atoms with Crippen molar-refractivity contribution in [1.29, 1.82) is 0 Å². The van der Waals surface area contributed by atoms with Crippen LogP contribution in [0.25, 0.3) is 17.5 Å². The van der Waals surface area contributed by atoms with Gasteiger partial charge in [-0.05, 0) is 18.2 Å². The van der Waals surface area contributed by atoms with E-state index in [1.54, 1.807) is 0 Å². The van der Waals surface area contributed by atoms with Crippen LogP contribution in [-0.2, 0) is 9.47 Å². The van der Waals surface area contributed by atoms with Crippen LogP contribution < -0.4 is 0 Å². The van der Waals surface area contributed by atoms with Crippen molar-refractivity contribution in [3.05, 3.63) is 53.4 Å². The van der Waals surface area contributed by atoms with Crippen molar-refractivity contribution >= 4 is 6.08 Å². The first-order chi connectivity index (χ1) is 12.7. The topological polar surface area (TPSA) is 44.2 Å². The maximum absolute atomic E-state index is 14.0. The molecule has 3 rings (SSSR count). The summed E-state index contributed by atoms with van der Waals surface area (Å²) in [4.78, 5) is 8.08. The number of aromatic nitrogens is 2. The van der Waals surface area contributed by atoms with Crippen molar-refractivity contribution in [3.63, 3.8) is 0 Å². The van der Waals surface area contributed by atoms with Crippen molar-refractivity contribution in [1.82, 2.24) is 9.97 Å². The lowest BCUT2D eigenvalue weighted by Crippen LogP contribution is -2.25. The third-order valence-corrected chi connectivity index (χ3v) is 3.78. The van der Waals surface area contributed by atoms with Crippen LogP contribution in [0.5, 0.6) is 0 Å². The molecule has 0 saturated carbocycles. The molecule has 4 nitrogen and oxygen atoms in total. The number of halogens is 5. The number of alkyl halides is 3. The third kappa shape index (κ3) is 4.86. The standard InChI is InChI=1S/C18H15F5N2O2/c1-10-8-26-17(27-9-10)12-6-24-16(25-7-12)11-4-14(19)13(15(20)5-11)2-3-18(21,22)23/h2-7,10,17H,8-9H2,1H3/b3-2+. The van der Waals surface area contributed by atoms with E-state index >= 15 is 0 Å². The van der Waals surface area contributed by atoms with E-state index in [1.165, 1.54) is 12.4 Å². The van der Waals surface area contributed by atoms with Crippen LogP contribution in [0.1, 0.15) is 24.3 Å². The van der Waals surface area contributed by atoms with Gasteiger partial charge in [-0.3, -0.25) is 0 Å². The van der Waals surface area contributed by atoms with Crippen LogP contribution in [0.3, 0.4) is 0 Å². The molecule has 144 valence electrons. The normalized spacial score (nSPS) is 21.0. The molecule has 1 aliphatic heterocycles. The molecule has 9 heteroatoms. The molecule has 0 atom stereocenters. The van der Waals surface area contributed by atoms with E-state index in [4.69, 9.17) is 9.47 Å². The minimum absolute atomic E-state index is 0.000174. The highest BCUT2D eigenvalue weighted by Gasteiger charge is 2.24. The van der Waals surface area contributed by atoms with Crippen molar-refractivity contribution in [2.75, 3.05) is 13.2 Å². The van der Waals surface area contributed by atoms with E-state index in [0.29, 0.717) is 24.9 Å². The SMILES string of the molecule is CC1COC(c2cnc(-c3cc(F)c(/C=C/C(F)(F)F)c(F)c3)nc2)OC1. The predicted molar refractivity (Wildman–Crippen MR) is 86.3 cm³/mol. The van der Waals surface area contributed by atoms with E-state index < -0.39 is 29.7 Å². The van der Waals surface area contributed by atoms with Crippen LogP contribution >= 0.6 is 0 Å². The van der Waals surface area contributed by atoms with Gasteiger partial charge >= 0.3 is 6.18 Å². The summed E-state index contributed by atoms with van der Waals surface area (Å²) in [5.74, 6) is -2.00. The van der Waals surface area contributed by atoms with Gasteiger partial charge in [-0.2, -0.15) is 13.2 Å². The molecule has 0 N–H and O–H groups in total. The van der Waals surface area contributed by atoms with Gasteiger partial charge in [-0.1, -0.05) is 6.92 Å². The molecular weight excluding hydrogens is 371 g/mol. The van der Waals surface area contributed by atoms with Crippen LogP contribution in [0.2, 0.25) is 0 Å². The lowest BCUT2D eigenvalue weighted by Gasteiger charge is -2.27. The van der Waals surface area contributed by atoms with Crippen LogP contribution in [0, 0.1) is 17.6 Å². The molecule has 0 amide bonds. The number of ether oxygens (including phenoxy) is 2. The van der Waals surface area contributed by atoms with Crippen LogP contribution in [0.15, 0.2) is 30.6 Å². The number of rotatable bonds is 3. The quantitative estimate of drug-likeness (QED) is 0.719. The van der Waals surface area contributed by atoms with Gasteiger partial charge in [-0.15, -0.1) is 0 Å². The first-order valence-electron chi connectivity index (χ1n) is 8.03. The third-order valence-electron chi connectivity index (χ3n) is 3.78. The van der Waals surface area contributed by atoms with Gasteiger partial charge in [0, 0.05) is 41.1 Å². The molecule has 1 aromatic heterocycles. The van der Waals surface area contributed by atoms with Gasteiger partial charge < -0.3 is 9.47 Å². The van der Waals surface area contributed by atoms with Crippen LogP contribution in [0.4, 0.5) is 22.0 Å². The Morgan fingerprint density at radius 1 is 1.04 bits per heavy atom. The van der Waals surface area contributed by atoms with E-state index in [9.17, 15) is 22.0 Å². The molecule has 1 fully saturated rings. The van der Waals surface area contributed by atoms with Gasteiger partial charge in [0.2, 0.25) is 0 Å². The first kappa shape index (κ1) is 19.4. The fourth-order valence-electron chi connectivity index (χ4n) is 2.45. The Bertz CT molecular complexity index is 806.